The lowest BCUT2D eigenvalue weighted by Gasteiger charge is -2.20. The van der Waals surface area contributed by atoms with E-state index < -0.39 is 11.9 Å². The molecule has 2 amide bonds. The molecular weight excluding hydrogens is 403 g/mol. The number of hydrogen-bond acceptors (Lipinski definition) is 3. The van der Waals surface area contributed by atoms with Gasteiger partial charge in [0.05, 0.1) is 10.6 Å². The topological polar surface area (TPSA) is 58.2 Å². The summed E-state index contributed by atoms with van der Waals surface area (Å²) in [7, 11) is 0. The number of halogens is 2. The van der Waals surface area contributed by atoms with Crippen molar-refractivity contribution in [3.8, 4) is 0 Å². The molecule has 0 aliphatic heterocycles. The van der Waals surface area contributed by atoms with Crippen LogP contribution in [0.1, 0.15) is 27.9 Å². The largest absolute Gasteiger partial charge is 0.340 e. The molecule has 2 rings (SSSR count). The molecule has 0 aliphatic carbocycles. The van der Waals surface area contributed by atoms with E-state index in [-0.39, 0.29) is 16.5 Å². The summed E-state index contributed by atoms with van der Waals surface area (Å²) in [5.41, 5.74) is 3.12. The van der Waals surface area contributed by atoms with Crippen LogP contribution in [-0.2, 0) is 4.79 Å². The number of rotatable bonds is 7. The summed E-state index contributed by atoms with van der Waals surface area (Å²) in [6, 6.07) is 9.71. The Kier molecular flexibility index (Phi) is 8.02. The molecule has 0 aliphatic rings. The Hall–Kier alpha value is -1.69. The first kappa shape index (κ1) is 21.6. The van der Waals surface area contributed by atoms with Crippen molar-refractivity contribution in [2.75, 3.05) is 17.3 Å². The Labute approximate surface area is 174 Å². The summed E-state index contributed by atoms with van der Waals surface area (Å²) < 4.78 is 0. The molecule has 0 spiro atoms. The van der Waals surface area contributed by atoms with Gasteiger partial charge in [-0.25, -0.2) is 0 Å². The minimum absolute atomic E-state index is 0.249. The minimum atomic E-state index is -0.670. The van der Waals surface area contributed by atoms with Crippen LogP contribution in [0.25, 0.3) is 0 Å². The third-order valence-corrected chi connectivity index (χ3v) is 5.46. The van der Waals surface area contributed by atoms with E-state index in [0.29, 0.717) is 11.4 Å². The molecule has 0 bridgehead atoms. The number of aryl methyl sites for hydroxylation is 1. The highest BCUT2D eigenvalue weighted by molar-refractivity contribution is 7.98. The maximum atomic E-state index is 12.8. The Morgan fingerprint density at radius 2 is 1.89 bits per heavy atom. The lowest BCUT2D eigenvalue weighted by atomic mass is 10.1. The van der Waals surface area contributed by atoms with E-state index in [1.807, 2.05) is 38.3 Å². The zero-order valence-electron chi connectivity index (χ0n) is 15.4. The predicted octanol–water partition coefficient (Wildman–Crippen LogP) is 5.10. The quantitative estimate of drug-likeness (QED) is 0.649. The first-order valence-electron chi connectivity index (χ1n) is 8.45. The number of amides is 2. The van der Waals surface area contributed by atoms with Crippen molar-refractivity contribution < 1.29 is 9.59 Å². The van der Waals surface area contributed by atoms with E-state index in [2.05, 4.69) is 10.6 Å². The van der Waals surface area contributed by atoms with Crippen molar-refractivity contribution in [3.63, 3.8) is 0 Å². The van der Waals surface area contributed by atoms with Crippen LogP contribution in [0.2, 0.25) is 10.0 Å². The van der Waals surface area contributed by atoms with Crippen LogP contribution in [0.4, 0.5) is 5.69 Å². The van der Waals surface area contributed by atoms with Crippen LogP contribution in [-0.4, -0.2) is 29.9 Å². The van der Waals surface area contributed by atoms with Gasteiger partial charge in [-0.3, -0.25) is 9.59 Å². The summed E-state index contributed by atoms with van der Waals surface area (Å²) in [5, 5.41) is 6.41. The zero-order chi connectivity index (χ0) is 20.0. The van der Waals surface area contributed by atoms with E-state index in [4.69, 9.17) is 23.2 Å². The monoisotopic (exact) mass is 424 g/mol. The molecule has 0 saturated carbocycles. The van der Waals surface area contributed by atoms with Crippen LogP contribution in [0.15, 0.2) is 36.4 Å². The zero-order valence-corrected chi connectivity index (χ0v) is 17.8. The van der Waals surface area contributed by atoms with Crippen LogP contribution in [0.5, 0.6) is 0 Å². The second-order valence-corrected chi connectivity index (χ2v) is 8.00. The Balaban J connectivity index is 2.17. The molecule has 1 atom stereocenters. The molecule has 2 N–H and O–H groups in total. The van der Waals surface area contributed by atoms with Gasteiger partial charge in [0.15, 0.2) is 0 Å². The number of carbonyl (C=O) groups excluding carboxylic acids is 2. The average Bonchev–Trinajstić information content (AvgIpc) is 2.62. The number of thioether (sulfide) groups is 1. The van der Waals surface area contributed by atoms with Gasteiger partial charge in [-0.2, -0.15) is 11.8 Å². The fourth-order valence-electron chi connectivity index (χ4n) is 2.52. The van der Waals surface area contributed by atoms with Gasteiger partial charge in [0.25, 0.3) is 5.91 Å². The minimum Gasteiger partial charge on any atom is -0.340 e. The normalized spacial score (nSPS) is 11.7. The van der Waals surface area contributed by atoms with Crippen molar-refractivity contribution in [3.05, 3.63) is 63.1 Å². The van der Waals surface area contributed by atoms with Crippen molar-refractivity contribution in [1.29, 1.82) is 0 Å². The molecule has 0 fully saturated rings. The molecule has 1 unspecified atom stereocenters. The van der Waals surface area contributed by atoms with E-state index in [1.165, 1.54) is 6.07 Å². The van der Waals surface area contributed by atoms with Crippen LogP contribution >= 0.6 is 35.0 Å². The van der Waals surface area contributed by atoms with Gasteiger partial charge in [0.2, 0.25) is 5.91 Å². The van der Waals surface area contributed by atoms with Crippen LogP contribution in [0.3, 0.4) is 0 Å². The second kappa shape index (κ2) is 10.0. The lowest BCUT2D eigenvalue weighted by Crippen LogP contribution is -2.44. The highest BCUT2D eigenvalue weighted by Gasteiger charge is 2.23. The maximum absolute atomic E-state index is 12.8. The number of carbonyl (C=O) groups is 2. The summed E-state index contributed by atoms with van der Waals surface area (Å²) in [6.07, 6.45) is 2.46. The number of anilines is 1. The third-order valence-electron chi connectivity index (χ3n) is 4.27. The SMILES string of the molecule is CSCCC(NC(=O)c1ccc(Cl)cc1Cl)C(=O)Nc1cccc(C)c1C. The molecular formula is C20H22Cl2N2O2S. The fraction of sp³-hybridized carbons (Fsp3) is 0.300. The van der Waals surface area contributed by atoms with Gasteiger partial charge in [-0.1, -0.05) is 35.3 Å². The van der Waals surface area contributed by atoms with Crippen molar-refractivity contribution in [2.45, 2.75) is 26.3 Å². The molecule has 0 aromatic heterocycles. The van der Waals surface area contributed by atoms with E-state index in [0.717, 1.165) is 22.6 Å². The maximum Gasteiger partial charge on any atom is 0.253 e. The molecule has 2 aromatic carbocycles. The van der Waals surface area contributed by atoms with Gasteiger partial charge >= 0.3 is 0 Å². The van der Waals surface area contributed by atoms with Crippen molar-refractivity contribution in [1.82, 2.24) is 5.32 Å². The van der Waals surface area contributed by atoms with Crippen LogP contribution < -0.4 is 10.6 Å². The van der Waals surface area contributed by atoms with Gasteiger partial charge < -0.3 is 10.6 Å². The van der Waals surface area contributed by atoms with Crippen LogP contribution in [0, 0.1) is 13.8 Å². The molecule has 0 saturated heterocycles. The molecule has 144 valence electrons. The number of hydrogen-bond donors (Lipinski definition) is 2. The highest BCUT2D eigenvalue weighted by Crippen LogP contribution is 2.22. The first-order chi connectivity index (χ1) is 12.8. The third kappa shape index (κ3) is 5.89. The molecule has 4 nitrogen and oxygen atoms in total. The number of nitrogens with one attached hydrogen (secondary N) is 2. The van der Waals surface area contributed by atoms with Gasteiger partial charge in [-0.05, 0) is 67.7 Å². The smallest absolute Gasteiger partial charge is 0.253 e. The Morgan fingerprint density at radius 1 is 1.15 bits per heavy atom. The Bertz CT molecular complexity index is 843. The molecule has 2 aromatic rings. The average molecular weight is 425 g/mol. The summed E-state index contributed by atoms with van der Waals surface area (Å²) >= 11 is 13.6. The van der Waals surface area contributed by atoms with E-state index >= 15 is 0 Å². The second-order valence-electron chi connectivity index (χ2n) is 6.17. The molecule has 27 heavy (non-hydrogen) atoms. The summed E-state index contributed by atoms with van der Waals surface area (Å²) in [6.45, 7) is 3.94. The van der Waals surface area contributed by atoms with E-state index in [1.54, 1.807) is 23.9 Å². The predicted molar refractivity (Wildman–Crippen MR) is 115 cm³/mol. The number of benzene rings is 2. The highest BCUT2D eigenvalue weighted by atomic mass is 35.5. The van der Waals surface area contributed by atoms with Gasteiger partial charge in [0, 0.05) is 10.7 Å². The first-order valence-corrected chi connectivity index (χ1v) is 10.6. The standard InChI is InChI=1S/C20H22Cl2N2O2S/c1-12-5-4-6-17(13(12)2)23-20(26)18(9-10-27-3)24-19(25)15-8-7-14(21)11-16(15)22/h4-8,11,18H,9-10H2,1-3H3,(H,23,26)(H,24,25). The lowest BCUT2D eigenvalue weighted by molar-refractivity contribution is -0.118. The van der Waals surface area contributed by atoms with Gasteiger partial charge in [-0.15, -0.1) is 0 Å². The molecule has 0 radical (unpaired) electrons. The van der Waals surface area contributed by atoms with Crippen molar-refractivity contribution in [2.24, 2.45) is 0 Å². The molecule has 0 heterocycles. The van der Waals surface area contributed by atoms with E-state index in [9.17, 15) is 9.59 Å². The Morgan fingerprint density at radius 3 is 2.56 bits per heavy atom. The van der Waals surface area contributed by atoms with Gasteiger partial charge in [0.1, 0.15) is 6.04 Å². The van der Waals surface area contributed by atoms with Crippen molar-refractivity contribution >= 4 is 52.5 Å². The molecule has 7 heteroatoms. The summed E-state index contributed by atoms with van der Waals surface area (Å²) in [5.74, 6) is 0.0783. The fourth-order valence-corrected chi connectivity index (χ4v) is 3.49. The summed E-state index contributed by atoms with van der Waals surface area (Å²) in [4.78, 5) is 25.4.